The molecular weight excluding hydrogens is 659 g/mol. The van der Waals surface area contributed by atoms with Gasteiger partial charge in [-0.1, -0.05) is 85.6 Å². The van der Waals surface area contributed by atoms with Crippen molar-refractivity contribution in [2.45, 2.75) is 141 Å². The number of carbonyl (C=O) groups excluding carboxylic acids is 5. The van der Waals surface area contributed by atoms with E-state index in [1.165, 1.54) is 6.08 Å². The largest absolute Gasteiger partial charge is 0.346 e. The third-order valence-electron chi connectivity index (χ3n) is 12.2. The quantitative estimate of drug-likeness (QED) is 0.158. The fourth-order valence-corrected chi connectivity index (χ4v) is 11.3. The highest BCUT2D eigenvalue weighted by molar-refractivity contribution is 7.92. The first kappa shape index (κ1) is 38.3. The number of sulfone groups is 1. The zero-order chi connectivity index (χ0) is 36.6. The van der Waals surface area contributed by atoms with E-state index in [1.54, 1.807) is 4.90 Å². The molecule has 5 rings (SSSR count). The van der Waals surface area contributed by atoms with Crippen LogP contribution in [-0.2, 0) is 29.0 Å². The van der Waals surface area contributed by atoms with Crippen molar-refractivity contribution in [2.75, 3.05) is 18.8 Å². The molecule has 4 aliphatic carbocycles. The Bertz CT molecular complexity index is 1450. The van der Waals surface area contributed by atoms with Crippen molar-refractivity contribution in [3.05, 3.63) is 12.7 Å². The molecule has 1 saturated heterocycles. The van der Waals surface area contributed by atoms with Gasteiger partial charge in [-0.25, -0.2) is 13.2 Å². The van der Waals surface area contributed by atoms with E-state index in [1.807, 2.05) is 20.8 Å². The van der Waals surface area contributed by atoms with Crippen LogP contribution in [0.25, 0.3) is 0 Å². The Labute approximate surface area is 298 Å². The van der Waals surface area contributed by atoms with Gasteiger partial charge >= 0.3 is 6.03 Å². The van der Waals surface area contributed by atoms with Gasteiger partial charge in [0.05, 0.1) is 22.6 Å². The van der Waals surface area contributed by atoms with Crippen molar-refractivity contribution < 1.29 is 32.4 Å². The molecule has 5 atom stereocenters. The lowest BCUT2D eigenvalue weighted by Crippen LogP contribution is -2.64. The first-order valence-corrected chi connectivity index (χ1v) is 20.5. The number of amides is 5. The number of fused-ring (bicyclic) bond motifs is 1. The molecule has 50 heavy (non-hydrogen) atoms. The Morgan fingerprint density at radius 1 is 0.940 bits per heavy atom. The number of hydrogen-bond donors (Lipinski definition) is 4. The van der Waals surface area contributed by atoms with Gasteiger partial charge in [0.15, 0.2) is 9.84 Å². The van der Waals surface area contributed by atoms with E-state index >= 15 is 0 Å². The van der Waals surface area contributed by atoms with Crippen LogP contribution in [0.15, 0.2) is 12.7 Å². The summed E-state index contributed by atoms with van der Waals surface area (Å²) < 4.78 is 27.0. The highest BCUT2D eigenvalue weighted by atomic mass is 32.2. The van der Waals surface area contributed by atoms with Crippen LogP contribution >= 0.6 is 0 Å². The maximum atomic E-state index is 14.5. The van der Waals surface area contributed by atoms with E-state index in [4.69, 9.17) is 0 Å². The number of carbonyl (C=O) groups is 5. The SMILES string of the molecule is C=CCNC(=O)C(=O)C(CC1CC1)NC(=O)[C@@H]1C2[C@@H](CN1C(=O)[C@@H](NC(=O)NC1(CS(=O)(=O)C3CCCC3)CCCCC1)C(C)(C)C)C2(C)C. The molecule has 0 bridgehead atoms. The van der Waals surface area contributed by atoms with Crippen LogP contribution in [0.5, 0.6) is 0 Å². The molecule has 1 heterocycles. The Hall–Kier alpha value is -2.96. The van der Waals surface area contributed by atoms with Crippen LogP contribution in [0.3, 0.4) is 0 Å². The number of rotatable bonds is 14. The number of urea groups is 1. The van der Waals surface area contributed by atoms with Crippen LogP contribution in [0.2, 0.25) is 0 Å². The summed E-state index contributed by atoms with van der Waals surface area (Å²) >= 11 is 0. The Balaban J connectivity index is 1.33. The fraction of sp³-hybridized carbons (Fsp3) is 0.811. The van der Waals surface area contributed by atoms with Crippen molar-refractivity contribution in [3.63, 3.8) is 0 Å². The molecule has 280 valence electrons. The standard InChI is InChI=1S/C37H59N5O7S/c1-7-19-38-32(45)29(43)26(20-23-15-16-23)39-31(44)28-27-25(36(27,5)6)21-42(28)33(46)30(35(2,3)4)40-34(47)41-37(17-11-8-12-18-37)22-50(48,49)24-13-9-10-14-24/h7,23-28,30H,1,8-22H2,2-6H3,(H,38,45)(H,39,44)(H2,40,41,47)/t25-,26?,27?,28+,30-/m1/s1. The predicted octanol–water partition coefficient (Wildman–Crippen LogP) is 3.40. The monoisotopic (exact) mass is 717 g/mol. The summed E-state index contributed by atoms with van der Waals surface area (Å²) in [4.78, 5) is 69.7. The second-order valence-corrected chi connectivity index (χ2v) is 19.7. The minimum Gasteiger partial charge on any atom is -0.346 e. The second-order valence-electron chi connectivity index (χ2n) is 17.4. The Kier molecular flexibility index (Phi) is 11.2. The molecular formula is C37H59N5O7S. The molecule has 4 N–H and O–H groups in total. The normalized spacial score (nSPS) is 27.0. The summed E-state index contributed by atoms with van der Waals surface area (Å²) in [6, 6.07) is -3.48. The molecule has 0 spiro atoms. The first-order valence-electron chi connectivity index (χ1n) is 18.7. The lowest BCUT2D eigenvalue weighted by Gasteiger charge is -2.41. The van der Waals surface area contributed by atoms with Crippen LogP contribution in [0.4, 0.5) is 4.79 Å². The molecule has 5 aliphatic rings. The Morgan fingerprint density at radius 2 is 1.58 bits per heavy atom. The summed E-state index contributed by atoms with van der Waals surface area (Å²) in [5.74, 6) is -2.30. The van der Waals surface area contributed by atoms with Crippen LogP contribution in [0.1, 0.15) is 112 Å². The number of piperidine rings is 1. The van der Waals surface area contributed by atoms with Gasteiger partial charge in [0.1, 0.15) is 12.1 Å². The molecule has 1 aliphatic heterocycles. The summed E-state index contributed by atoms with van der Waals surface area (Å²) in [6.45, 7) is 13.7. The van der Waals surface area contributed by atoms with Gasteiger partial charge < -0.3 is 26.2 Å². The third-order valence-corrected chi connectivity index (χ3v) is 14.6. The number of Topliss-reactive ketones (excluding diaryl/α,β-unsaturated/α-hetero) is 1. The van der Waals surface area contributed by atoms with Crippen molar-refractivity contribution in [1.82, 2.24) is 26.2 Å². The van der Waals surface area contributed by atoms with E-state index in [9.17, 15) is 32.4 Å². The topological polar surface area (TPSA) is 171 Å². The number of nitrogens with one attached hydrogen (secondary N) is 4. The van der Waals surface area contributed by atoms with E-state index in [0.717, 1.165) is 44.9 Å². The van der Waals surface area contributed by atoms with E-state index < -0.39 is 68.5 Å². The zero-order valence-electron chi connectivity index (χ0n) is 30.6. The third kappa shape index (κ3) is 8.39. The van der Waals surface area contributed by atoms with Crippen molar-refractivity contribution in [3.8, 4) is 0 Å². The molecule has 5 amide bonds. The van der Waals surface area contributed by atoms with Gasteiger partial charge in [-0.05, 0) is 60.7 Å². The second kappa shape index (κ2) is 14.6. The van der Waals surface area contributed by atoms with Gasteiger partial charge in [0.25, 0.3) is 5.91 Å². The van der Waals surface area contributed by atoms with Crippen LogP contribution in [0, 0.1) is 28.6 Å². The molecule has 13 heteroatoms. The van der Waals surface area contributed by atoms with Gasteiger partial charge in [0, 0.05) is 13.1 Å². The molecule has 0 radical (unpaired) electrons. The number of ketones is 1. The summed E-state index contributed by atoms with van der Waals surface area (Å²) in [5.41, 5.74) is -1.85. The van der Waals surface area contributed by atoms with E-state index in [2.05, 4.69) is 41.7 Å². The molecule has 0 aromatic heterocycles. The molecule has 4 saturated carbocycles. The molecule has 5 fully saturated rings. The summed E-state index contributed by atoms with van der Waals surface area (Å²) in [6.07, 6.45) is 10.5. The predicted molar refractivity (Wildman–Crippen MR) is 191 cm³/mol. The fourth-order valence-electron chi connectivity index (χ4n) is 8.91. The first-order chi connectivity index (χ1) is 23.4. The summed E-state index contributed by atoms with van der Waals surface area (Å²) in [5, 5.41) is 11.0. The number of likely N-dealkylation sites (tertiary alicyclic amines) is 1. The van der Waals surface area contributed by atoms with Crippen molar-refractivity contribution >= 4 is 39.4 Å². The minimum absolute atomic E-state index is 0.0661. The summed E-state index contributed by atoms with van der Waals surface area (Å²) in [7, 11) is -3.42. The number of nitrogens with zero attached hydrogens (tertiary/aromatic N) is 1. The van der Waals surface area contributed by atoms with Crippen LogP contribution in [-0.4, -0.2) is 90.6 Å². The highest BCUT2D eigenvalue weighted by Gasteiger charge is 2.70. The minimum atomic E-state index is -3.42. The van der Waals surface area contributed by atoms with E-state index in [-0.39, 0.29) is 40.7 Å². The smallest absolute Gasteiger partial charge is 0.315 e. The van der Waals surface area contributed by atoms with E-state index in [0.29, 0.717) is 38.6 Å². The average Bonchev–Trinajstić information content (AvgIpc) is 3.72. The lowest BCUT2D eigenvalue weighted by atomic mass is 9.83. The maximum absolute atomic E-state index is 14.5. The van der Waals surface area contributed by atoms with Gasteiger partial charge in [0.2, 0.25) is 17.6 Å². The molecule has 2 unspecified atom stereocenters. The van der Waals surface area contributed by atoms with Gasteiger partial charge in [-0.2, -0.15) is 0 Å². The average molecular weight is 718 g/mol. The van der Waals surface area contributed by atoms with Crippen molar-refractivity contribution in [1.29, 1.82) is 0 Å². The number of hydrogen-bond acceptors (Lipinski definition) is 7. The molecule has 0 aromatic carbocycles. The lowest BCUT2D eigenvalue weighted by molar-refractivity contribution is -0.145. The van der Waals surface area contributed by atoms with Gasteiger partial charge in [-0.3, -0.25) is 19.2 Å². The highest BCUT2D eigenvalue weighted by Crippen LogP contribution is 2.65. The van der Waals surface area contributed by atoms with Crippen LogP contribution < -0.4 is 21.3 Å². The molecule has 0 aromatic rings. The Morgan fingerprint density at radius 3 is 2.16 bits per heavy atom. The van der Waals surface area contributed by atoms with Crippen molar-refractivity contribution in [2.24, 2.45) is 28.6 Å². The van der Waals surface area contributed by atoms with Gasteiger partial charge in [-0.15, -0.1) is 6.58 Å². The molecule has 12 nitrogen and oxygen atoms in total. The zero-order valence-corrected chi connectivity index (χ0v) is 31.5. The maximum Gasteiger partial charge on any atom is 0.315 e.